The first-order valence-corrected chi connectivity index (χ1v) is 13.9. The minimum absolute atomic E-state index is 0.0229. The van der Waals surface area contributed by atoms with Crippen molar-refractivity contribution < 1.29 is 9.59 Å². The molecule has 0 radical (unpaired) electrons. The van der Waals surface area contributed by atoms with Gasteiger partial charge in [0.15, 0.2) is 0 Å². The number of hydrogen-bond acceptors (Lipinski definition) is 2. The standard InChI is InChI=1S/C30H31Cl3N2O2/c31-25-15-8-7-12-22(25)20-35(29(36)19-24-26(32)16-9-17-27(24)33)28(18-21-10-3-1-4-11-21)30(37)34-23-13-5-2-6-14-23/h1,3-4,7-12,15-17,23,28H,2,5-6,13-14,18-20H2,(H,34,37)/t28-/m0/s1. The Morgan fingerprint density at radius 1 is 0.811 bits per heavy atom. The van der Waals surface area contributed by atoms with Crippen LogP contribution in [0.1, 0.15) is 48.8 Å². The normalized spacial score (nSPS) is 14.7. The van der Waals surface area contributed by atoms with Gasteiger partial charge in [-0.1, -0.05) is 109 Å². The van der Waals surface area contributed by atoms with Crippen molar-refractivity contribution in [3.63, 3.8) is 0 Å². The van der Waals surface area contributed by atoms with Crippen molar-refractivity contribution in [2.45, 2.75) is 63.6 Å². The first kappa shape index (κ1) is 27.5. The van der Waals surface area contributed by atoms with Crippen LogP contribution >= 0.6 is 34.8 Å². The summed E-state index contributed by atoms with van der Waals surface area (Å²) in [5, 5.41) is 4.63. The van der Waals surface area contributed by atoms with Crippen LogP contribution in [-0.2, 0) is 29.0 Å². The van der Waals surface area contributed by atoms with E-state index in [1.54, 1.807) is 29.2 Å². The molecule has 0 bridgehead atoms. The molecule has 0 spiro atoms. The lowest BCUT2D eigenvalue weighted by atomic mass is 9.94. The zero-order valence-corrected chi connectivity index (χ0v) is 22.9. The van der Waals surface area contributed by atoms with Crippen LogP contribution in [0.15, 0.2) is 72.8 Å². The largest absolute Gasteiger partial charge is 0.352 e. The van der Waals surface area contributed by atoms with Crippen molar-refractivity contribution in [3.8, 4) is 0 Å². The van der Waals surface area contributed by atoms with Crippen molar-refractivity contribution in [1.29, 1.82) is 0 Å². The fraction of sp³-hybridized carbons (Fsp3) is 0.333. The zero-order valence-electron chi connectivity index (χ0n) is 20.6. The number of hydrogen-bond donors (Lipinski definition) is 1. The molecule has 1 N–H and O–H groups in total. The highest BCUT2D eigenvalue weighted by Crippen LogP contribution is 2.27. The van der Waals surface area contributed by atoms with Crippen LogP contribution in [0.5, 0.6) is 0 Å². The SMILES string of the molecule is O=C(NC1CCCCC1)[C@H](Cc1ccccc1)N(Cc1ccccc1Cl)C(=O)Cc1c(Cl)cccc1Cl. The van der Waals surface area contributed by atoms with Gasteiger partial charge in [-0.05, 0) is 47.7 Å². The van der Waals surface area contributed by atoms with E-state index in [-0.39, 0.29) is 30.8 Å². The molecule has 3 aromatic rings. The number of carbonyl (C=O) groups is 2. The van der Waals surface area contributed by atoms with Crippen molar-refractivity contribution in [2.75, 3.05) is 0 Å². The molecule has 4 rings (SSSR count). The fourth-order valence-corrected chi connectivity index (χ4v) is 5.59. The number of nitrogens with one attached hydrogen (secondary N) is 1. The highest BCUT2D eigenvalue weighted by atomic mass is 35.5. The van der Waals surface area contributed by atoms with Crippen molar-refractivity contribution in [3.05, 3.63) is 105 Å². The van der Waals surface area contributed by atoms with E-state index in [2.05, 4.69) is 5.32 Å². The quantitative estimate of drug-likeness (QED) is 0.301. The number of benzene rings is 3. The first-order valence-electron chi connectivity index (χ1n) is 12.7. The molecule has 0 saturated heterocycles. The number of halogens is 3. The maximum atomic E-state index is 13.9. The van der Waals surface area contributed by atoms with Crippen LogP contribution in [0.4, 0.5) is 0 Å². The van der Waals surface area contributed by atoms with E-state index in [4.69, 9.17) is 34.8 Å². The van der Waals surface area contributed by atoms with Gasteiger partial charge in [-0.2, -0.15) is 0 Å². The van der Waals surface area contributed by atoms with Crippen LogP contribution in [0.3, 0.4) is 0 Å². The van der Waals surface area contributed by atoms with Crippen LogP contribution in [0.25, 0.3) is 0 Å². The second-order valence-electron chi connectivity index (χ2n) is 9.54. The van der Waals surface area contributed by atoms with Gasteiger partial charge in [-0.15, -0.1) is 0 Å². The summed E-state index contributed by atoms with van der Waals surface area (Å²) >= 11 is 19.3. The third kappa shape index (κ3) is 7.50. The van der Waals surface area contributed by atoms with Crippen LogP contribution in [0.2, 0.25) is 15.1 Å². The highest BCUT2D eigenvalue weighted by Gasteiger charge is 2.32. The molecule has 0 unspecified atom stereocenters. The number of nitrogens with zero attached hydrogens (tertiary/aromatic N) is 1. The Labute approximate surface area is 233 Å². The summed E-state index contributed by atoms with van der Waals surface area (Å²) in [4.78, 5) is 29.4. The van der Waals surface area contributed by atoms with Gasteiger partial charge in [0.1, 0.15) is 6.04 Å². The van der Waals surface area contributed by atoms with Crippen LogP contribution in [0, 0.1) is 0 Å². The second kappa shape index (κ2) is 13.3. The molecule has 1 fully saturated rings. The van der Waals surface area contributed by atoms with E-state index in [0.29, 0.717) is 27.1 Å². The van der Waals surface area contributed by atoms with Crippen LogP contribution in [-0.4, -0.2) is 28.8 Å². The van der Waals surface area contributed by atoms with Crippen LogP contribution < -0.4 is 5.32 Å². The summed E-state index contributed by atoms with van der Waals surface area (Å²) in [5.74, 6) is -0.393. The molecule has 1 aliphatic rings. The molecule has 4 nitrogen and oxygen atoms in total. The number of carbonyl (C=O) groups excluding carboxylic acids is 2. The minimum atomic E-state index is -0.727. The Morgan fingerprint density at radius 2 is 1.43 bits per heavy atom. The van der Waals surface area contributed by atoms with Gasteiger partial charge in [0.25, 0.3) is 0 Å². The molecule has 7 heteroatoms. The molecule has 0 aromatic heterocycles. The maximum absolute atomic E-state index is 13.9. The van der Waals surface area contributed by atoms with E-state index >= 15 is 0 Å². The van der Waals surface area contributed by atoms with Gasteiger partial charge in [-0.25, -0.2) is 0 Å². The number of rotatable bonds is 9. The third-order valence-electron chi connectivity index (χ3n) is 6.91. The fourth-order valence-electron chi connectivity index (χ4n) is 4.86. The summed E-state index contributed by atoms with van der Waals surface area (Å²) in [7, 11) is 0. The van der Waals surface area contributed by atoms with Crippen molar-refractivity contribution >= 4 is 46.6 Å². The van der Waals surface area contributed by atoms with Crippen molar-refractivity contribution in [2.24, 2.45) is 0 Å². The molecule has 2 amide bonds. The molecular formula is C30H31Cl3N2O2. The van der Waals surface area contributed by atoms with Gasteiger partial charge >= 0.3 is 0 Å². The molecule has 37 heavy (non-hydrogen) atoms. The minimum Gasteiger partial charge on any atom is -0.352 e. The number of amides is 2. The smallest absolute Gasteiger partial charge is 0.243 e. The Hall–Kier alpha value is -2.53. The highest BCUT2D eigenvalue weighted by molar-refractivity contribution is 6.36. The summed E-state index contributed by atoms with van der Waals surface area (Å²) < 4.78 is 0. The first-order chi connectivity index (χ1) is 17.9. The average molecular weight is 558 g/mol. The molecule has 194 valence electrons. The van der Waals surface area contributed by atoms with Gasteiger partial charge in [0.2, 0.25) is 11.8 Å². The molecule has 1 atom stereocenters. The maximum Gasteiger partial charge on any atom is 0.243 e. The monoisotopic (exact) mass is 556 g/mol. The van der Waals surface area contributed by atoms with Crippen molar-refractivity contribution in [1.82, 2.24) is 10.2 Å². The van der Waals surface area contributed by atoms with E-state index in [1.165, 1.54) is 6.42 Å². The zero-order chi connectivity index (χ0) is 26.2. The topological polar surface area (TPSA) is 49.4 Å². The Kier molecular flexibility index (Phi) is 9.90. The van der Waals surface area contributed by atoms with Gasteiger partial charge < -0.3 is 10.2 Å². The average Bonchev–Trinajstić information content (AvgIpc) is 2.90. The summed E-state index contributed by atoms with van der Waals surface area (Å²) in [6.45, 7) is 0.191. The van der Waals surface area contributed by atoms with Gasteiger partial charge in [0.05, 0.1) is 6.42 Å². The molecular weight excluding hydrogens is 527 g/mol. The van der Waals surface area contributed by atoms with Gasteiger partial charge in [0, 0.05) is 34.1 Å². The third-order valence-corrected chi connectivity index (χ3v) is 7.99. The Morgan fingerprint density at radius 3 is 2.11 bits per heavy atom. The van der Waals surface area contributed by atoms with E-state index < -0.39 is 6.04 Å². The van der Waals surface area contributed by atoms with E-state index in [0.717, 1.165) is 36.8 Å². The molecule has 1 aliphatic carbocycles. The second-order valence-corrected chi connectivity index (χ2v) is 10.8. The molecule has 3 aromatic carbocycles. The molecule has 0 heterocycles. The molecule has 0 aliphatic heterocycles. The van der Waals surface area contributed by atoms with E-state index in [9.17, 15) is 9.59 Å². The summed E-state index contributed by atoms with van der Waals surface area (Å²) in [5.41, 5.74) is 2.29. The summed E-state index contributed by atoms with van der Waals surface area (Å²) in [6.07, 6.45) is 5.66. The van der Waals surface area contributed by atoms with Gasteiger partial charge in [-0.3, -0.25) is 9.59 Å². The predicted octanol–water partition coefficient (Wildman–Crippen LogP) is 7.28. The van der Waals surface area contributed by atoms with E-state index in [1.807, 2.05) is 48.5 Å². The Bertz CT molecular complexity index is 1190. The Balaban J connectivity index is 1.69. The lowest BCUT2D eigenvalue weighted by Crippen LogP contribution is -2.53. The predicted molar refractivity (Wildman–Crippen MR) is 151 cm³/mol. The lowest BCUT2D eigenvalue weighted by molar-refractivity contribution is -0.141. The summed E-state index contributed by atoms with van der Waals surface area (Å²) in [6, 6.07) is 21.7. The lowest BCUT2D eigenvalue weighted by Gasteiger charge is -2.34. The molecule has 1 saturated carbocycles.